The molecule has 1 aromatic carbocycles. The van der Waals surface area contributed by atoms with Crippen LogP contribution in [0.1, 0.15) is 24.8 Å². The lowest BCUT2D eigenvalue weighted by atomic mass is 9.99. The molecule has 0 amide bonds. The largest absolute Gasteiger partial charge is 0.416 e. The van der Waals surface area contributed by atoms with Gasteiger partial charge in [0.25, 0.3) is 0 Å². The van der Waals surface area contributed by atoms with Gasteiger partial charge >= 0.3 is 0 Å². The van der Waals surface area contributed by atoms with E-state index in [2.05, 4.69) is 42.3 Å². The average molecular weight is 252 g/mol. The second-order valence-corrected chi connectivity index (χ2v) is 5.01. The van der Waals surface area contributed by atoms with Gasteiger partial charge in [0.05, 0.1) is 0 Å². The molecule has 3 rings (SSSR count). The van der Waals surface area contributed by atoms with Crippen LogP contribution in [0.2, 0.25) is 0 Å². The standard InChI is InChI=1S/C16H16N2O/c1-11-3-7-13(8-4-11)15-17-18-16(19-15)14-9-5-12(2)6-10-14/h3-5,7-10,12H,6H2,1-2H3. The predicted octanol–water partition coefficient (Wildman–Crippen LogP) is 4.02. The summed E-state index contributed by atoms with van der Waals surface area (Å²) in [5.41, 5.74) is 3.19. The number of hydrogen-bond donors (Lipinski definition) is 0. The van der Waals surface area contributed by atoms with Gasteiger partial charge in [0, 0.05) is 11.1 Å². The maximum atomic E-state index is 5.74. The molecule has 0 radical (unpaired) electrons. The highest BCUT2D eigenvalue weighted by molar-refractivity contribution is 5.70. The van der Waals surface area contributed by atoms with Gasteiger partial charge in [-0.15, -0.1) is 10.2 Å². The number of aromatic nitrogens is 2. The fraction of sp³-hybridized carbons (Fsp3) is 0.250. The first-order valence-corrected chi connectivity index (χ1v) is 6.51. The Kier molecular flexibility index (Phi) is 3.03. The zero-order chi connectivity index (χ0) is 13.2. The molecular formula is C16H16N2O. The van der Waals surface area contributed by atoms with Crippen LogP contribution < -0.4 is 0 Å². The molecule has 1 aromatic heterocycles. The summed E-state index contributed by atoms with van der Waals surface area (Å²) in [5.74, 6) is 1.75. The van der Waals surface area contributed by atoms with Crippen molar-refractivity contribution in [2.75, 3.05) is 0 Å². The molecule has 0 fully saturated rings. The number of allylic oxidation sites excluding steroid dienone is 4. The fourth-order valence-electron chi connectivity index (χ4n) is 2.04. The highest BCUT2D eigenvalue weighted by Gasteiger charge is 2.13. The number of benzene rings is 1. The van der Waals surface area contributed by atoms with Crippen molar-refractivity contribution in [1.29, 1.82) is 0 Å². The molecule has 0 saturated heterocycles. The van der Waals surface area contributed by atoms with Crippen molar-refractivity contribution in [3.8, 4) is 11.5 Å². The SMILES string of the molecule is Cc1ccc(-c2nnc(C3=CCC(C)C=C3)o2)cc1. The smallest absolute Gasteiger partial charge is 0.248 e. The zero-order valence-corrected chi connectivity index (χ0v) is 11.1. The lowest BCUT2D eigenvalue weighted by Crippen LogP contribution is -1.94. The highest BCUT2D eigenvalue weighted by Crippen LogP contribution is 2.26. The fourth-order valence-corrected chi connectivity index (χ4v) is 2.04. The first-order chi connectivity index (χ1) is 9.22. The van der Waals surface area contributed by atoms with E-state index in [4.69, 9.17) is 4.42 Å². The third-order valence-corrected chi connectivity index (χ3v) is 3.28. The third kappa shape index (κ3) is 2.50. The van der Waals surface area contributed by atoms with E-state index < -0.39 is 0 Å². The van der Waals surface area contributed by atoms with Crippen LogP contribution in [0.3, 0.4) is 0 Å². The summed E-state index contributed by atoms with van der Waals surface area (Å²) in [6.07, 6.45) is 7.40. The Balaban J connectivity index is 1.88. The second-order valence-electron chi connectivity index (χ2n) is 5.01. The van der Waals surface area contributed by atoms with E-state index in [9.17, 15) is 0 Å². The molecule has 96 valence electrons. The van der Waals surface area contributed by atoms with Crippen molar-refractivity contribution in [1.82, 2.24) is 10.2 Å². The first kappa shape index (κ1) is 11.9. The highest BCUT2D eigenvalue weighted by atomic mass is 16.4. The summed E-state index contributed by atoms with van der Waals surface area (Å²) < 4.78 is 5.74. The topological polar surface area (TPSA) is 38.9 Å². The Hall–Kier alpha value is -2.16. The molecule has 0 saturated carbocycles. The Morgan fingerprint density at radius 3 is 2.53 bits per heavy atom. The maximum absolute atomic E-state index is 5.74. The summed E-state index contributed by atoms with van der Waals surface area (Å²) in [7, 11) is 0. The van der Waals surface area contributed by atoms with Gasteiger partial charge in [-0.2, -0.15) is 0 Å². The summed E-state index contributed by atoms with van der Waals surface area (Å²) >= 11 is 0. The molecule has 0 spiro atoms. The third-order valence-electron chi connectivity index (χ3n) is 3.28. The van der Waals surface area contributed by atoms with E-state index in [1.807, 2.05) is 24.3 Å². The van der Waals surface area contributed by atoms with Gasteiger partial charge in [-0.25, -0.2) is 0 Å². The quantitative estimate of drug-likeness (QED) is 0.810. The molecule has 0 aliphatic heterocycles. The average Bonchev–Trinajstić information content (AvgIpc) is 2.90. The van der Waals surface area contributed by atoms with Gasteiger partial charge in [-0.05, 0) is 31.4 Å². The molecule has 1 aliphatic carbocycles. The Morgan fingerprint density at radius 2 is 1.84 bits per heavy atom. The van der Waals surface area contributed by atoms with Crippen molar-refractivity contribution in [2.45, 2.75) is 20.3 Å². The Labute approximate surface area is 112 Å². The molecule has 1 atom stereocenters. The molecule has 1 aliphatic rings. The lowest BCUT2D eigenvalue weighted by molar-refractivity contribution is 0.553. The summed E-state index contributed by atoms with van der Waals surface area (Å²) in [6, 6.07) is 8.08. The van der Waals surface area contributed by atoms with E-state index in [0.29, 0.717) is 17.7 Å². The second kappa shape index (κ2) is 4.84. The number of aryl methyl sites for hydroxylation is 1. The van der Waals surface area contributed by atoms with Crippen molar-refractivity contribution < 1.29 is 4.42 Å². The summed E-state index contributed by atoms with van der Waals surface area (Å²) in [6.45, 7) is 4.25. The van der Waals surface area contributed by atoms with Crippen molar-refractivity contribution in [3.63, 3.8) is 0 Å². The van der Waals surface area contributed by atoms with Crippen LogP contribution in [0.25, 0.3) is 17.0 Å². The number of hydrogen-bond acceptors (Lipinski definition) is 3. The Bertz CT molecular complexity index is 635. The predicted molar refractivity (Wildman–Crippen MR) is 75.4 cm³/mol. The van der Waals surface area contributed by atoms with Gasteiger partial charge in [0.2, 0.25) is 11.8 Å². The van der Waals surface area contributed by atoms with Crippen LogP contribution in [0.4, 0.5) is 0 Å². The zero-order valence-electron chi connectivity index (χ0n) is 11.1. The Morgan fingerprint density at radius 1 is 1.11 bits per heavy atom. The molecule has 19 heavy (non-hydrogen) atoms. The summed E-state index contributed by atoms with van der Waals surface area (Å²) in [4.78, 5) is 0. The molecule has 1 unspecified atom stereocenters. The van der Waals surface area contributed by atoms with Crippen LogP contribution in [0, 0.1) is 12.8 Å². The van der Waals surface area contributed by atoms with Gasteiger partial charge in [0.15, 0.2) is 0 Å². The van der Waals surface area contributed by atoms with Crippen LogP contribution >= 0.6 is 0 Å². The molecular weight excluding hydrogens is 236 g/mol. The van der Waals surface area contributed by atoms with E-state index in [1.54, 1.807) is 0 Å². The molecule has 1 heterocycles. The molecule has 0 bridgehead atoms. The lowest BCUT2D eigenvalue weighted by Gasteiger charge is -2.08. The van der Waals surface area contributed by atoms with Gasteiger partial charge in [-0.1, -0.05) is 42.8 Å². The van der Waals surface area contributed by atoms with E-state index >= 15 is 0 Å². The minimum atomic E-state index is 0.572. The van der Waals surface area contributed by atoms with E-state index in [0.717, 1.165) is 17.6 Å². The maximum Gasteiger partial charge on any atom is 0.248 e. The van der Waals surface area contributed by atoms with Crippen LogP contribution in [-0.2, 0) is 0 Å². The molecule has 3 heteroatoms. The van der Waals surface area contributed by atoms with Crippen molar-refractivity contribution in [3.05, 3.63) is 53.9 Å². The van der Waals surface area contributed by atoms with E-state index in [1.165, 1.54) is 5.56 Å². The molecule has 0 N–H and O–H groups in total. The molecule has 3 nitrogen and oxygen atoms in total. The first-order valence-electron chi connectivity index (χ1n) is 6.51. The number of nitrogens with zero attached hydrogens (tertiary/aromatic N) is 2. The van der Waals surface area contributed by atoms with Crippen LogP contribution in [0.15, 0.2) is 46.9 Å². The minimum absolute atomic E-state index is 0.572. The van der Waals surface area contributed by atoms with Crippen molar-refractivity contribution >= 4 is 5.57 Å². The van der Waals surface area contributed by atoms with Crippen LogP contribution in [0.5, 0.6) is 0 Å². The summed E-state index contributed by atoms with van der Waals surface area (Å²) in [5, 5.41) is 8.25. The van der Waals surface area contributed by atoms with E-state index in [-0.39, 0.29) is 0 Å². The van der Waals surface area contributed by atoms with Gasteiger partial charge in [-0.3, -0.25) is 0 Å². The number of rotatable bonds is 2. The monoisotopic (exact) mass is 252 g/mol. The van der Waals surface area contributed by atoms with Gasteiger partial charge < -0.3 is 4.42 Å². The normalized spacial score (nSPS) is 18.4. The van der Waals surface area contributed by atoms with Gasteiger partial charge in [0.1, 0.15) is 0 Å². The van der Waals surface area contributed by atoms with Crippen LogP contribution in [-0.4, -0.2) is 10.2 Å². The molecule has 2 aromatic rings. The minimum Gasteiger partial charge on any atom is -0.416 e. The van der Waals surface area contributed by atoms with Crippen molar-refractivity contribution in [2.24, 2.45) is 5.92 Å².